The van der Waals surface area contributed by atoms with E-state index in [-0.39, 0.29) is 11.4 Å². The standard InChI is InChI=1S/C23H24FN7O/c1-3-16-21(14-8-10-15(24)11-9-14)30(2)29-22(16)27-19-12-20(26-13-25-19)31-23(32)17-6-4-5-7-18(17)28-31/h8-13,28H,3-7H2,1-2H3,(H,25,26,27,29). The third kappa shape index (κ3) is 3.49. The molecule has 1 aliphatic rings. The quantitative estimate of drug-likeness (QED) is 0.501. The maximum absolute atomic E-state index is 13.4. The number of aromatic nitrogens is 6. The fraction of sp³-hybridized carbons (Fsp3) is 0.304. The van der Waals surface area contributed by atoms with Crippen LogP contribution >= 0.6 is 0 Å². The summed E-state index contributed by atoms with van der Waals surface area (Å²) in [4.78, 5) is 21.4. The maximum Gasteiger partial charge on any atom is 0.276 e. The van der Waals surface area contributed by atoms with Crippen molar-refractivity contribution in [3.63, 3.8) is 0 Å². The number of hydrogen-bond acceptors (Lipinski definition) is 5. The fourth-order valence-electron chi connectivity index (χ4n) is 4.38. The molecule has 0 bridgehead atoms. The Hall–Kier alpha value is -3.75. The van der Waals surface area contributed by atoms with Crippen molar-refractivity contribution in [2.45, 2.75) is 39.0 Å². The van der Waals surface area contributed by atoms with E-state index in [0.717, 1.165) is 60.2 Å². The Morgan fingerprint density at radius 1 is 1.16 bits per heavy atom. The molecule has 3 heterocycles. The zero-order valence-electron chi connectivity index (χ0n) is 18.0. The average Bonchev–Trinajstić information content (AvgIpc) is 3.31. The molecular formula is C23H24FN7O. The number of fused-ring (bicyclic) bond motifs is 1. The third-order valence-corrected chi connectivity index (χ3v) is 5.92. The summed E-state index contributed by atoms with van der Waals surface area (Å²) in [5.41, 5.74) is 4.60. The van der Waals surface area contributed by atoms with Crippen LogP contribution in [0.5, 0.6) is 0 Å². The van der Waals surface area contributed by atoms with Crippen LogP contribution in [0.3, 0.4) is 0 Å². The van der Waals surface area contributed by atoms with Crippen molar-refractivity contribution in [3.05, 3.63) is 69.7 Å². The van der Waals surface area contributed by atoms with Gasteiger partial charge in [0.25, 0.3) is 5.56 Å². The van der Waals surface area contributed by atoms with Crippen LogP contribution in [-0.2, 0) is 26.3 Å². The van der Waals surface area contributed by atoms with Gasteiger partial charge in [0.2, 0.25) is 0 Å². The molecule has 0 amide bonds. The number of hydrogen-bond donors (Lipinski definition) is 2. The van der Waals surface area contributed by atoms with Gasteiger partial charge in [-0.15, -0.1) is 0 Å². The number of aryl methyl sites for hydroxylation is 2. The Bertz CT molecular complexity index is 1330. The van der Waals surface area contributed by atoms with Gasteiger partial charge in [-0.05, 0) is 56.4 Å². The van der Waals surface area contributed by atoms with E-state index in [9.17, 15) is 9.18 Å². The number of halogens is 1. The van der Waals surface area contributed by atoms with Crippen LogP contribution in [0.15, 0.2) is 41.5 Å². The lowest BCUT2D eigenvalue weighted by molar-refractivity contribution is 0.628. The monoisotopic (exact) mass is 433 g/mol. The number of H-pyrrole nitrogens is 1. The van der Waals surface area contributed by atoms with Crippen molar-refractivity contribution < 1.29 is 4.39 Å². The zero-order valence-corrected chi connectivity index (χ0v) is 18.0. The second kappa shape index (κ2) is 8.07. The van der Waals surface area contributed by atoms with Gasteiger partial charge in [-0.25, -0.2) is 19.0 Å². The summed E-state index contributed by atoms with van der Waals surface area (Å²) in [6.07, 6.45) is 5.95. The fourth-order valence-corrected chi connectivity index (χ4v) is 4.38. The SMILES string of the molecule is CCc1c(Nc2cc(-n3[nH]c4c(c3=O)CCCC4)ncn2)nn(C)c1-c1ccc(F)cc1. The average molecular weight is 433 g/mol. The second-order valence-corrected chi connectivity index (χ2v) is 7.96. The van der Waals surface area contributed by atoms with Gasteiger partial charge in [0.1, 0.15) is 18.0 Å². The van der Waals surface area contributed by atoms with Crippen molar-refractivity contribution in [2.24, 2.45) is 7.05 Å². The molecule has 3 aromatic heterocycles. The first-order chi connectivity index (χ1) is 15.5. The molecule has 0 spiro atoms. The number of benzene rings is 1. The van der Waals surface area contributed by atoms with Crippen molar-refractivity contribution in [3.8, 4) is 17.1 Å². The van der Waals surface area contributed by atoms with Crippen LogP contribution in [-0.4, -0.2) is 29.5 Å². The topological polar surface area (TPSA) is 93.4 Å². The van der Waals surface area contributed by atoms with Crippen molar-refractivity contribution >= 4 is 11.6 Å². The molecule has 1 aromatic carbocycles. The molecule has 0 radical (unpaired) electrons. The highest BCUT2D eigenvalue weighted by molar-refractivity contribution is 5.72. The van der Waals surface area contributed by atoms with Crippen molar-refractivity contribution in [2.75, 3.05) is 5.32 Å². The summed E-state index contributed by atoms with van der Waals surface area (Å²) in [6.45, 7) is 2.05. The summed E-state index contributed by atoms with van der Waals surface area (Å²) in [6, 6.07) is 8.11. The van der Waals surface area contributed by atoms with E-state index in [1.165, 1.54) is 23.1 Å². The van der Waals surface area contributed by atoms with Gasteiger partial charge in [-0.2, -0.15) is 5.10 Å². The van der Waals surface area contributed by atoms with Crippen LogP contribution in [0.1, 0.15) is 36.6 Å². The van der Waals surface area contributed by atoms with Gasteiger partial charge in [-0.3, -0.25) is 14.6 Å². The first kappa shape index (κ1) is 20.2. The Kier molecular flexibility index (Phi) is 5.08. The second-order valence-electron chi connectivity index (χ2n) is 7.96. The molecule has 0 saturated carbocycles. The van der Waals surface area contributed by atoms with E-state index in [1.807, 2.05) is 14.0 Å². The lowest BCUT2D eigenvalue weighted by atomic mass is 9.98. The summed E-state index contributed by atoms with van der Waals surface area (Å²) >= 11 is 0. The Labute approximate surface area is 184 Å². The van der Waals surface area contributed by atoms with E-state index in [2.05, 4.69) is 25.5 Å². The maximum atomic E-state index is 13.4. The van der Waals surface area contributed by atoms with Crippen LogP contribution in [0, 0.1) is 5.82 Å². The first-order valence-corrected chi connectivity index (χ1v) is 10.8. The van der Waals surface area contributed by atoms with E-state index >= 15 is 0 Å². The number of anilines is 2. The minimum absolute atomic E-state index is 0.0463. The largest absolute Gasteiger partial charge is 0.323 e. The molecule has 4 aromatic rings. The van der Waals surface area contributed by atoms with Crippen LogP contribution in [0.25, 0.3) is 17.1 Å². The van der Waals surface area contributed by atoms with Gasteiger partial charge in [0, 0.05) is 35.5 Å². The molecule has 0 saturated heterocycles. The first-order valence-electron chi connectivity index (χ1n) is 10.8. The predicted molar refractivity (Wildman–Crippen MR) is 120 cm³/mol. The summed E-state index contributed by atoms with van der Waals surface area (Å²) in [5.74, 6) is 1.40. The smallest absolute Gasteiger partial charge is 0.276 e. The molecule has 9 heteroatoms. The summed E-state index contributed by atoms with van der Waals surface area (Å²) in [5, 5.41) is 11.1. The normalized spacial score (nSPS) is 13.2. The van der Waals surface area contributed by atoms with Crippen LogP contribution in [0.2, 0.25) is 0 Å². The van der Waals surface area contributed by atoms with E-state index in [1.54, 1.807) is 22.9 Å². The lowest BCUT2D eigenvalue weighted by Crippen LogP contribution is -2.19. The Balaban J connectivity index is 1.49. The molecule has 0 unspecified atom stereocenters. The molecule has 0 aliphatic heterocycles. The highest BCUT2D eigenvalue weighted by Gasteiger charge is 2.20. The molecule has 5 rings (SSSR count). The molecule has 164 valence electrons. The third-order valence-electron chi connectivity index (χ3n) is 5.92. The number of nitrogens with one attached hydrogen (secondary N) is 2. The van der Waals surface area contributed by atoms with Crippen LogP contribution < -0.4 is 10.9 Å². The molecule has 0 fully saturated rings. The number of aromatic amines is 1. The highest BCUT2D eigenvalue weighted by atomic mass is 19.1. The molecular weight excluding hydrogens is 409 g/mol. The minimum Gasteiger partial charge on any atom is -0.323 e. The number of nitrogens with zero attached hydrogens (tertiary/aromatic N) is 5. The van der Waals surface area contributed by atoms with E-state index < -0.39 is 0 Å². The van der Waals surface area contributed by atoms with Gasteiger partial charge < -0.3 is 5.32 Å². The summed E-state index contributed by atoms with van der Waals surface area (Å²) < 4.78 is 16.7. The number of rotatable bonds is 5. The van der Waals surface area contributed by atoms with Gasteiger partial charge in [0.05, 0.1) is 5.69 Å². The molecule has 0 atom stereocenters. The minimum atomic E-state index is -0.276. The Morgan fingerprint density at radius 2 is 1.94 bits per heavy atom. The molecule has 32 heavy (non-hydrogen) atoms. The van der Waals surface area contributed by atoms with Crippen molar-refractivity contribution in [1.82, 2.24) is 29.5 Å². The molecule has 8 nitrogen and oxygen atoms in total. The predicted octanol–water partition coefficient (Wildman–Crippen LogP) is 3.68. The van der Waals surface area contributed by atoms with E-state index in [4.69, 9.17) is 0 Å². The lowest BCUT2D eigenvalue weighted by Gasteiger charge is -2.08. The van der Waals surface area contributed by atoms with Gasteiger partial charge >= 0.3 is 0 Å². The molecule has 1 aliphatic carbocycles. The van der Waals surface area contributed by atoms with Crippen LogP contribution in [0.4, 0.5) is 16.0 Å². The zero-order chi connectivity index (χ0) is 22.2. The van der Waals surface area contributed by atoms with Gasteiger partial charge in [0.15, 0.2) is 11.6 Å². The van der Waals surface area contributed by atoms with Gasteiger partial charge in [-0.1, -0.05) is 6.92 Å². The van der Waals surface area contributed by atoms with Crippen molar-refractivity contribution in [1.29, 1.82) is 0 Å². The Morgan fingerprint density at radius 3 is 2.69 bits per heavy atom. The highest BCUT2D eigenvalue weighted by Crippen LogP contribution is 2.31. The molecule has 2 N–H and O–H groups in total. The van der Waals surface area contributed by atoms with E-state index in [0.29, 0.717) is 17.5 Å². The summed E-state index contributed by atoms with van der Waals surface area (Å²) in [7, 11) is 1.86.